The summed E-state index contributed by atoms with van der Waals surface area (Å²) in [6.07, 6.45) is 51.4. The highest BCUT2D eigenvalue weighted by molar-refractivity contribution is 5.71. The third kappa shape index (κ3) is 49.8. The van der Waals surface area contributed by atoms with E-state index in [1.54, 1.807) is 0 Å². The van der Waals surface area contributed by atoms with Crippen LogP contribution in [0.1, 0.15) is 271 Å². The van der Waals surface area contributed by atoms with Gasteiger partial charge in [0.1, 0.15) is 13.2 Å². The maximum Gasteiger partial charge on any atom is 0.361 e. The summed E-state index contributed by atoms with van der Waals surface area (Å²) in [5.74, 6) is -1.98. The van der Waals surface area contributed by atoms with Crippen molar-refractivity contribution in [3.63, 3.8) is 0 Å². The van der Waals surface area contributed by atoms with Crippen molar-refractivity contribution in [1.82, 2.24) is 0 Å². The Morgan fingerprint density at radius 1 is 0.446 bits per heavy atom. The highest BCUT2D eigenvalue weighted by Gasteiger charge is 2.25. The van der Waals surface area contributed by atoms with Crippen LogP contribution in [0.25, 0.3) is 0 Å². The normalized spacial score (nSPS) is 12.8. The minimum absolute atomic E-state index is 0.175. The van der Waals surface area contributed by atoms with Crippen molar-refractivity contribution in [2.24, 2.45) is 0 Å². The summed E-state index contributed by atoms with van der Waals surface area (Å²) >= 11 is 0. The molecule has 0 aromatic heterocycles. The number of likely N-dealkylation sites (N-methyl/N-ethyl adjacent to an activating group) is 1. The van der Waals surface area contributed by atoms with Gasteiger partial charge in [-0.3, -0.25) is 9.59 Å². The Morgan fingerprint density at radius 3 is 1.14 bits per heavy atom. The number of esters is 2. The van der Waals surface area contributed by atoms with Crippen molar-refractivity contribution in [1.29, 1.82) is 0 Å². The zero-order valence-corrected chi connectivity index (χ0v) is 43.7. The van der Waals surface area contributed by atoms with Crippen molar-refractivity contribution < 1.29 is 42.9 Å². The van der Waals surface area contributed by atoms with Crippen LogP contribution in [-0.2, 0) is 33.3 Å². The predicted octanol–water partition coefficient (Wildman–Crippen LogP) is 15.8. The van der Waals surface area contributed by atoms with Crippen molar-refractivity contribution in [2.75, 3.05) is 47.5 Å². The topological polar surface area (TPSA) is 108 Å². The first-order valence-electron chi connectivity index (χ1n) is 27.9. The Hall–Kier alpha value is -1.97. The van der Waals surface area contributed by atoms with Crippen molar-refractivity contribution >= 4 is 17.9 Å². The zero-order valence-electron chi connectivity index (χ0n) is 43.7. The number of unbranched alkanes of at least 4 members (excludes halogenated alkanes) is 35. The number of rotatable bonds is 52. The van der Waals surface area contributed by atoms with Crippen molar-refractivity contribution in [3.05, 3.63) is 12.2 Å². The van der Waals surface area contributed by atoms with Crippen LogP contribution < -0.4 is 0 Å². The van der Waals surface area contributed by atoms with E-state index in [1.165, 1.54) is 205 Å². The van der Waals surface area contributed by atoms with Gasteiger partial charge in [-0.2, -0.15) is 0 Å². The molecule has 0 aromatic carbocycles. The summed E-state index contributed by atoms with van der Waals surface area (Å²) in [4.78, 5) is 37.3. The monoisotopic (exact) mass is 923 g/mol. The molecule has 2 atom stereocenters. The molecule has 2 unspecified atom stereocenters. The average Bonchev–Trinajstić information content (AvgIpc) is 3.27. The summed E-state index contributed by atoms with van der Waals surface area (Å²) in [7, 11) is 5.97. The van der Waals surface area contributed by atoms with E-state index in [1.807, 2.05) is 21.1 Å². The Bertz CT molecular complexity index is 1070. The maximum absolute atomic E-state index is 12.8. The van der Waals surface area contributed by atoms with Crippen LogP contribution in [0, 0.1) is 0 Å². The van der Waals surface area contributed by atoms with Gasteiger partial charge in [-0.25, -0.2) is 4.79 Å². The molecule has 0 saturated heterocycles. The maximum atomic E-state index is 12.8. The van der Waals surface area contributed by atoms with Gasteiger partial charge in [0, 0.05) is 12.8 Å². The van der Waals surface area contributed by atoms with E-state index in [2.05, 4.69) is 26.0 Å². The first-order chi connectivity index (χ1) is 31.6. The van der Waals surface area contributed by atoms with Gasteiger partial charge < -0.3 is 28.5 Å². The molecule has 0 aromatic rings. The smallest absolute Gasteiger partial charge is 0.361 e. The largest absolute Gasteiger partial charge is 0.477 e. The Labute approximate surface area is 402 Å². The van der Waals surface area contributed by atoms with E-state index < -0.39 is 18.4 Å². The number of aliphatic carboxylic acids is 1. The molecule has 0 bridgehead atoms. The minimum Gasteiger partial charge on any atom is -0.477 e. The van der Waals surface area contributed by atoms with Crippen molar-refractivity contribution in [2.45, 2.75) is 283 Å². The molecule has 0 amide bonds. The van der Waals surface area contributed by atoms with Gasteiger partial charge in [0.05, 0.1) is 34.4 Å². The molecule has 0 spiro atoms. The molecule has 0 aliphatic carbocycles. The number of ether oxygens (including phenoxy) is 4. The van der Waals surface area contributed by atoms with Gasteiger partial charge in [-0.15, -0.1) is 0 Å². The number of carboxylic acids is 1. The lowest BCUT2D eigenvalue weighted by Gasteiger charge is -2.25. The van der Waals surface area contributed by atoms with Gasteiger partial charge in [0.15, 0.2) is 6.10 Å². The summed E-state index contributed by atoms with van der Waals surface area (Å²) in [6, 6.07) is 0. The summed E-state index contributed by atoms with van der Waals surface area (Å²) in [6.45, 7) is 4.92. The lowest BCUT2D eigenvalue weighted by atomic mass is 10.0. The molecule has 0 aliphatic heterocycles. The number of hydrogen-bond acceptors (Lipinski definition) is 7. The second kappa shape index (κ2) is 48.5. The molecule has 1 N–H and O–H groups in total. The highest BCUT2D eigenvalue weighted by atomic mass is 16.7. The first-order valence-corrected chi connectivity index (χ1v) is 27.9. The van der Waals surface area contributed by atoms with Crippen LogP contribution in [0.15, 0.2) is 12.2 Å². The second-order valence-electron chi connectivity index (χ2n) is 20.3. The van der Waals surface area contributed by atoms with Crippen LogP contribution in [0.4, 0.5) is 0 Å². The molecule has 9 heteroatoms. The third-order valence-corrected chi connectivity index (χ3v) is 12.5. The van der Waals surface area contributed by atoms with Crippen LogP contribution in [-0.4, -0.2) is 87.4 Å². The molecule has 65 heavy (non-hydrogen) atoms. The first kappa shape index (κ1) is 63.0. The van der Waals surface area contributed by atoms with E-state index in [0.717, 1.165) is 38.5 Å². The molecule has 9 nitrogen and oxygen atoms in total. The SMILES string of the molecule is CCCCCCCCCC/C=C\CCCCCCCCCCCCCCCC(=O)OC(COC(=O)CCCCCCCCCCCCCCCCC)COC(OCC[N+](C)(C)C)C(=O)O. The van der Waals surface area contributed by atoms with E-state index >= 15 is 0 Å². The van der Waals surface area contributed by atoms with E-state index in [4.69, 9.17) is 18.9 Å². The Balaban J connectivity index is 4.20. The molecular formula is C56H108NO8+. The fraction of sp³-hybridized carbons (Fsp3) is 0.911. The molecule has 0 saturated carbocycles. The van der Waals surface area contributed by atoms with Gasteiger partial charge in [0.25, 0.3) is 6.29 Å². The molecule has 0 rings (SSSR count). The fourth-order valence-corrected chi connectivity index (χ4v) is 8.19. The van der Waals surface area contributed by atoms with E-state index in [-0.39, 0.29) is 38.2 Å². The standard InChI is InChI=1S/C56H107NO8/c1-6-8-10-12-14-16-18-20-22-23-24-25-26-27-28-29-30-31-33-35-37-39-41-43-45-47-54(59)65-52(51-64-56(55(60)61)62-49-48-57(3,4)5)50-63-53(58)46-44-42-40-38-36-34-32-21-19-17-15-13-11-9-7-2/h23-24,52,56H,6-22,25-51H2,1-5H3/p+1/b24-23-. The Kier molecular flexibility index (Phi) is 47.0. The molecular weight excluding hydrogens is 815 g/mol. The van der Waals surface area contributed by atoms with Crippen molar-refractivity contribution in [3.8, 4) is 0 Å². The number of carboxylic acid groups (broad SMARTS) is 1. The molecule has 0 fully saturated rings. The fourth-order valence-electron chi connectivity index (χ4n) is 8.19. The van der Waals surface area contributed by atoms with Crippen LogP contribution in [0.3, 0.4) is 0 Å². The minimum atomic E-state index is -1.50. The zero-order chi connectivity index (χ0) is 47.7. The van der Waals surface area contributed by atoms with E-state index in [9.17, 15) is 19.5 Å². The second-order valence-corrected chi connectivity index (χ2v) is 20.3. The molecule has 0 aliphatic rings. The quantitative estimate of drug-likeness (QED) is 0.0211. The van der Waals surface area contributed by atoms with Crippen LogP contribution >= 0.6 is 0 Å². The lowest BCUT2D eigenvalue weighted by molar-refractivity contribution is -0.870. The number of carbonyl (C=O) groups excluding carboxylic acids is 2. The number of allylic oxidation sites excluding steroid dienone is 2. The Morgan fingerprint density at radius 2 is 0.785 bits per heavy atom. The average molecular weight is 923 g/mol. The van der Waals surface area contributed by atoms with Gasteiger partial charge >= 0.3 is 17.9 Å². The van der Waals surface area contributed by atoms with Gasteiger partial charge in [-0.1, -0.05) is 231 Å². The summed E-state index contributed by atoms with van der Waals surface area (Å²) in [5, 5.41) is 9.68. The summed E-state index contributed by atoms with van der Waals surface area (Å²) < 4.78 is 22.9. The number of carbonyl (C=O) groups is 3. The van der Waals surface area contributed by atoms with Gasteiger partial charge in [0.2, 0.25) is 0 Å². The van der Waals surface area contributed by atoms with Crippen LogP contribution in [0.5, 0.6) is 0 Å². The van der Waals surface area contributed by atoms with E-state index in [0.29, 0.717) is 17.4 Å². The number of nitrogens with zero attached hydrogens (tertiary/aromatic N) is 1. The lowest BCUT2D eigenvalue weighted by Crippen LogP contribution is -2.40. The highest BCUT2D eigenvalue weighted by Crippen LogP contribution is 2.17. The third-order valence-electron chi connectivity index (χ3n) is 12.5. The molecule has 0 radical (unpaired) electrons. The molecule has 0 heterocycles. The van der Waals surface area contributed by atoms with Gasteiger partial charge in [-0.05, 0) is 38.5 Å². The number of quaternary nitrogens is 1. The summed E-state index contributed by atoms with van der Waals surface area (Å²) in [5.41, 5.74) is 0. The number of hydrogen-bond donors (Lipinski definition) is 1. The predicted molar refractivity (Wildman–Crippen MR) is 272 cm³/mol. The molecule has 384 valence electrons. The van der Waals surface area contributed by atoms with Crippen LogP contribution in [0.2, 0.25) is 0 Å².